The number of halogens is 2. The van der Waals surface area contributed by atoms with Crippen molar-refractivity contribution >= 4 is 16.6 Å². The van der Waals surface area contributed by atoms with E-state index >= 15 is 0 Å². The smallest absolute Gasteiger partial charge is 1.00 e. The van der Waals surface area contributed by atoms with Crippen LogP contribution >= 0.6 is 0 Å². The molecule has 0 aromatic heterocycles. The molecule has 0 radical (unpaired) electrons. The summed E-state index contributed by atoms with van der Waals surface area (Å²) in [6, 6.07) is 0. The van der Waals surface area contributed by atoms with Gasteiger partial charge in [-0.15, -0.1) is 36.3 Å². The quantitative estimate of drug-likeness (QED) is 0.401. The van der Waals surface area contributed by atoms with Gasteiger partial charge in [-0.1, -0.05) is 54.7 Å². The van der Waals surface area contributed by atoms with Gasteiger partial charge in [0.1, 0.15) is 0 Å². The molecule has 0 amide bonds. The minimum Gasteiger partial charge on any atom is -1.00 e. The van der Waals surface area contributed by atoms with Crippen LogP contribution in [0.1, 0.15) is 92.9 Å². The topological polar surface area (TPSA) is 18.5 Å². The fourth-order valence-corrected chi connectivity index (χ4v) is 6.77. The Morgan fingerprint density at radius 3 is 1.13 bits per heavy atom. The van der Waals surface area contributed by atoms with Gasteiger partial charge in [-0.25, -0.2) is 0 Å². The molecule has 220 valence electrons. The van der Waals surface area contributed by atoms with E-state index in [0.717, 1.165) is 22.7 Å². The number of allylic oxidation sites excluding steroid dienone is 6. The average Bonchev–Trinajstić information content (AvgIpc) is 3.23. The van der Waals surface area contributed by atoms with Crippen LogP contribution in [0, 0.1) is 0 Å². The third-order valence-electron chi connectivity index (χ3n) is 9.30. The summed E-state index contributed by atoms with van der Waals surface area (Å²) in [5.41, 5.74) is 8.23. The van der Waals surface area contributed by atoms with Gasteiger partial charge in [0.15, 0.2) is 0 Å². The van der Waals surface area contributed by atoms with Gasteiger partial charge < -0.3 is 33.7 Å². The van der Waals surface area contributed by atoms with Crippen molar-refractivity contribution in [3.05, 3.63) is 70.3 Å². The zero-order chi connectivity index (χ0) is 27.1. The van der Waals surface area contributed by atoms with Gasteiger partial charge in [0.25, 0.3) is 0 Å². The maximum Gasteiger partial charge on any atom is 2.00 e. The van der Waals surface area contributed by atoms with E-state index in [-0.39, 0.29) is 61.1 Å². The second kappa shape index (κ2) is 14.4. The predicted octanol–water partition coefficient (Wildman–Crippen LogP) is 4.67. The zero-order valence-electron chi connectivity index (χ0n) is 26.3. The third-order valence-corrected chi connectivity index (χ3v) is 18.0. The van der Waals surface area contributed by atoms with Crippen LogP contribution in [0.15, 0.2) is 70.3 Å². The summed E-state index contributed by atoms with van der Waals surface area (Å²) in [6.07, 6.45) is 14.6. The number of hydrogen-bond donors (Lipinski definition) is 0. The summed E-state index contributed by atoms with van der Waals surface area (Å²) in [5.74, 6) is 2.13. The molecule has 0 aromatic rings. The Labute approximate surface area is 274 Å². The molecule has 7 heteroatoms. The maximum absolute atomic E-state index is 6.43. The van der Waals surface area contributed by atoms with Gasteiger partial charge in [-0.3, -0.25) is 0 Å². The van der Waals surface area contributed by atoms with Crippen molar-refractivity contribution in [3.63, 3.8) is 0 Å². The molecule has 0 heterocycles. The molecule has 0 atom stereocenters. The van der Waals surface area contributed by atoms with Crippen molar-refractivity contribution in [2.24, 2.45) is 0 Å². The third kappa shape index (κ3) is 8.96. The summed E-state index contributed by atoms with van der Waals surface area (Å²) in [7, 11) is -3.46. The van der Waals surface area contributed by atoms with E-state index < -0.39 is 16.6 Å². The normalized spacial score (nSPS) is 19.3. The van der Waals surface area contributed by atoms with Crippen molar-refractivity contribution < 1.29 is 59.9 Å². The fraction of sp³-hybridized carbons (Fsp3) is 0.625. The van der Waals surface area contributed by atoms with Crippen LogP contribution in [-0.4, -0.2) is 16.6 Å². The van der Waals surface area contributed by atoms with Crippen LogP contribution in [0.2, 0.25) is 36.3 Å². The molecule has 0 aromatic carbocycles. The second-order valence-corrected chi connectivity index (χ2v) is 23.6. The standard InChI is InChI=1S/2C16H26OSi.2ClH.Zr/c2*1-12-14-10-8-7-9-13(14)11-15(12)17-18(5,6)16(2,3)4;;;/h2*11H,1,7-10H2,2-6H3;2*1H;/q2*-1;;;+2/p-2. The Morgan fingerprint density at radius 1 is 0.590 bits per heavy atom. The molecule has 0 fully saturated rings. The maximum atomic E-state index is 6.43. The van der Waals surface area contributed by atoms with Gasteiger partial charge in [-0.2, -0.15) is 0 Å². The SMILES string of the molecule is C=C1C(O[Si-](C)(C)C(C)(C)C)=CC2=C1CCCC2.C=C1C(O[Si-](C)(C)C(C)(C)C)=CC2=C1CCCC2.[Cl-].[Cl-].[Zr+2]. The molecule has 0 N–H and O–H groups in total. The molecule has 4 aliphatic rings. The molecule has 0 bridgehead atoms. The monoisotopic (exact) mass is 684 g/mol. The first-order valence-electron chi connectivity index (χ1n) is 14.1. The second-order valence-electron chi connectivity index (χ2n) is 14.1. The summed E-state index contributed by atoms with van der Waals surface area (Å²) in [6.45, 7) is 31.4. The van der Waals surface area contributed by atoms with E-state index in [0.29, 0.717) is 0 Å². The van der Waals surface area contributed by atoms with Crippen LogP contribution in [0.25, 0.3) is 0 Å². The Bertz CT molecular complexity index is 967. The Hall–Kier alpha value is -0.0631. The minimum absolute atomic E-state index is 0. The molecule has 0 saturated heterocycles. The minimum atomic E-state index is -1.73. The Balaban J connectivity index is 0.000000688. The van der Waals surface area contributed by atoms with Gasteiger partial charge in [0.2, 0.25) is 0 Å². The summed E-state index contributed by atoms with van der Waals surface area (Å²) in [5, 5.41) is 0.494. The molecular weight excluding hydrogens is 635 g/mol. The van der Waals surface area contributed by atoms with Gasteiger partial charge in [0, 0.05) is 27.8 Å². The van der Waals surface area contributed by atoms with Gasteiger partial charge >= 0.3 is 26.2 Å². The van der Waals surface area contributed by atoms with Crippen LogP contribution < -0.4 is 24.8 Å². The Morgan fingerprint density at radius 2 is 0.872 bits per heavy atom. The first-order valence-corrected chi connectivity index (χ1v) is 19.9. The fourth-order valence-electron chi connectivity index (χ4n) is 4.69. The first-order chi connectivity index (χ1) is 16.4. The Kier molecular flexibility index (Phi) is 14.4. The average molecular weight is 687 g/mol. The molecule has 0 unspecified atom stereocenters. The molecule has 0 saturated carbocycles. The molecule has 39 heavy (non-hydrogen) atoms. The van der Waals surface area contributed by atoms with Crippen LogP contribution in [0.3, 0.4) is 0 Å². The molecule has 4 aliphatic carbocycles. The van der Waals surface area contributed by atoms with E-state index in [1.165, 1.54) is 73.7 Å². The van der Waals surface area contributed by atoms with E-state index in [9.17, 15) is 0 Å². The molecule has 4 rings (SSSR count). The van der Waals surface area contributed by atoms with Gasteiger partial charge in [-0.05, 0) is 85.8 Å². The summed E-state index contributed by atoms with van der Waals surface area (Å²) in [4.78, 5) is 0. The van der Waals surface area contributed by atoms with E-state index in [1.807, 2.05) is 0 Å². The molecule has 0 aliphatic heterocycles. The van der Waals surface area contributed by atoms with Gasteiger partial charge in [0.05, 0.1) is 11.5 Å². The van der Waals surface area contributed by atoms with Crippen LogP contribution in [0.4, 0.5) is 0 Å². The first kappa shape index (κ1) is 38.9. The van der Waals surface area contributed by atoms with Crippen molar-refractivity contribution in [2.45, 2.75) is 129 Å². The number of rotatable bonds is 4. The summed E-state index contributed by atoms with van der Waals surface area (Å²) >= 11 is 0. The van der Waals surface area contributed by atoms with E-state index in [2.05, 4.69) is 93.0 Å². The van der Waals surface area contributed by atoms with Crippen LogP contribution in [-0.2, 0) is 35.1 Å². The molecular formula is C32H52Cl2O2Si2Zr-2. The van der Waals surface area contributed by atoms with Crippen molar-refractivity contribution in [1.29, 1.82) is 0 Å². The van der Waals surface area contributed by atoms with Crippen molar-refractivity contribution in [3.8, 4) is 0 Å². The van der Waals surface area contributed by atoms with E-state index in [1.54, 1.807) is 0 Å². The summed E-state index contributed by atoms with van der Waals surface area (Å²) < 4.78 is 12.9. The zero-order valence-corrected chi connectivity index (χ0v) is 32.3. The van der Waals surface area contributed by atoms with E-state index in [4.69, 9.17) is 8.85 Å². The largest absolute Gasteiger partial charge is 2.00 e. The molecule has 2 nitrogen and oxygen atoms in total. The van der Waals surface area contributed by atoms with Crippen molar-refractivity contribution in [1.82, 2.24) is 0 Å². The predicted molar refractivity (Wildman–Crippen MR) is 162 cm³/mol. The molecule has 0 spiro atoms. The number of hydrogen-bond acceptors (Lipinski definition) is 2. The van der Waals surface area contributed by atoms with Crippen molar-refractivity contribution in [2.75, 3.05) is 0 Å². The van der Waals surface area contributed by atoms with Crippen LogP contribution in [0.5, 0.6) is 0 Å².